The highest BCUT2D eigenvalue weighted by atomic mass is 32.2. The minimum absolute atomic E-state index is 0.00769. The Morgan fingerprint density at radius 3 is 1.15 bits per heavy atom. The molecule has 0 saturated heterocycles. The Hall–Kier alpha value is -17.2. The van der Waals surface area contributed by atoms with Crippen LogP contribution in [0.4, 0.5) is 126 Å². The van der Waals surface area contributed by atoms with Crippen molar-refractivity contribution in [2.24, 2.45) is 81.8 Å². The largest absolute Gasteiger partial charge is 0.496 e. The number of aromatic nitrogens is 6. The van der Waals surface area contributed by atoms with Gasteiger partial charge in [-0.15, -0.1) is 20.5 Å². The van der Waals surface area contributed by atoms with Crippen molar-refractivity contribution in [1.82, 2.24) is 29.9 Å². The fourth-order valence-electron chi connectivity index (χ4n) is 13.4. The van der Waals surface area contributed by atoms with Crippen LogP contribution < -0.4 is 40.2 Å². The van der Waals surface area contributed by atoms with Crippen LogP contribution in [0.3, 0.4) is 0 Å². The van der Waals surface area contributed by atoms with Crippen molar-refractivity contribution in [2.45, 2.75) is 77.5 Å². The van der Waals surface area contributed by atoms with Crippen LogP contribution in [-0.2, 0) is 77.9 Å². The van der Waals surface area contributed by atoms with Crippen molar-refractivity contribution in [1.29, 1.82) is 0 Å². The van der Waals surface area contributed by atoms with E-state index >= 15 is 0 Å². The first-order valence-corrected chi connectivity index (χ1v) is 48.4. The van der Waals surface area contributed by atoms with E-state index in [1.165, 1.54) is 138 Å². The first kappa shape index (κ1) is 103. The van der Waals surface area contributed by atoms with Gasteiger partial charge < -0.3 is 60.6 Å². The molecule has 2 aromatic heterocycles. The predicted octanol–water partition coefficient (Wildman–Crippen LogP) is 21.7. The highest BCUT2D eigenvalue weighted by Crippen LogP contribution is 2.43. The lowest BCUT2D eigenvalue weighted by atomic mass is 10.0. The number of ether oxygens (including phenoxy) is 4. The van der Waals surface area contributed by atoms with Gasteiger partial charge in [-0.3, -0.25) is 18.2 Å². The van der Waals surface area contributed by atoms with Gasteiger partial charge in [0.1, 0.15) is 73.2 Å². The highest BCUT2D eigenvalue weighted by molar-refractivity contribution is 7.86. The molecule has 0 fully saturated rings. The summed E-state index contributed by atoms with van der Waals surface area (Å²) in [5.74, 6) is -0.954. The maximum absolute atomic E-state index is 13.5. The first-order chi connectivity index (χ1) is 69.2. The molecule has 14 aromatic rings. The minimum atomic E-state index is -4.94. The van der Waals surface area contributed by atoms with Crippen molar-refractivity contribution in [3.05, 3.63) is 288 Å². The summed E-state index contributed by atoms with van der Waals surface area (Å²) < 4.78 is 160. The third-order valence-electron chi connectivity index (χ3n) is 20.5. The second-order valence-corrected chi connectivity index (χ2v) is 36.1. The van der Waals surface area contributed by atoms with Gasteiger partial charge in [0.05, 0.1) is 138 Å². The van der Waals surface area contributed by atoms with Crippen LogP contribution in [0.1, 0.15) is 58.7 Å². The number of nitrogens with zero attached hydrogens (tertiary/aromatic N) is 22. The van der Waals surface area contributed by atoms with Gasteiger partial charge in [0, 0.05) is 59.8 Å². The van der Waals surface area contributed by atoms with Gasteiger partial charge in [-0.05, 0) is 213 Å². The predicted molar refractivity (Wildman–Crippen MR) is 523 cm³/mol. The standard InChI is InChI=1S/C93H84N26O21S4/c1-137-81-50-77(117-115-73-38-31-68(47-85(73)143(131,132)133)112-104-60-13-7-5-8-14-60)57(52-120)43-56(81)46-88-98-87(42-55-18-37-72(82(41-55)138-2)114-110-64-23-19-62(20-24-64)106-108-66-27-33-70(34-28-66)141(125,126)127)99-91(100-88)95-75(89(123)124)17-11-12-40-94-90-101-92(96-76-49-84(140-4)80(45-58(76)53-121)119-111-65-25-21-63(22-26-65)107-109-67-29-35-71(36-30-67)142(128,129)130)103-93(102-90)97-79-44-59(54-122)78(51-83(79)139-3)118-116-74-39-32-69(48-86(74)144(134,135)136)113-105-61-15-9-6-10-16-61/h5-10,13-16,18-39,41,43-45,47-51,75,120-122H,11-12,17,40,42,46,52-54H2,1-4H3,(H,123,124)(H,125,126,127)(H,128,129,130)(H,131,132,133)(H,134,135,136)(H,95,98,99,100)(H3,94,96,97,101,102,103). The molecule has 0 spiro atoms. The van der Waals surface area contributed by atoms with Crippen molar-refractivity contribution in [3.63, 3.8) is 0 Å². The van der Waals surface area contributed by atoms with Gasteiger partial charge in [-0.2, -0.15) is 120 Å². The maximum atomic E-state index is 13.5. The molecule has 0 aliphatic heterocycles. The number of carboxylic acid groups (broad SMARTS) is 1. The highest BCUT2D eigenvalue weighted by Gasteiger charge is 2.26. The van der Waals surface area contributed by atoms with Gasteiger partial charge in [-0.25, -0.2) is 9.78 Å². The summed E-state index contributed by atoms with van der Waals surface area (Å²) in [4.78, 5) is 39.9. The fraction of sp³-hybridized carbons (Fsp3) is 0.151. The van der Waals surface area contributed by atoms with Crippen molar-refractivity contribution >= 4 is 173 Å². The molecular formula is C93H84N26O21S4. The van der Waals surface area contributed by atoms with Gasteiger partial charge in [-0.1, -0.05) is 42.5 Å². The Morgan fingerprint density at radius 1 is 0.319 bits per heavy atom. The number of hydrogen-bond donors (Lipinski definition) is 12. The smallest absolute Gasteiger partial charge is 0.326 e. The van der Waals surface area contributed by atoms with E-state index in [0.29, 0.717) is 62.3 Å². The quantitative estimate of drug-likeness (QED) is 0.00958. The fourth-order valence-corrected chi connectivity index (χ4v) is 15.7. The Kier molecular flexibility index (Phi) is 33.7. The number of carboxylic acids is 1. The molecule has 51 heteroatoms. The van der Waals surface area contributed by atoms with Crippen molar-refractivity contribution in [2.75, 3.05) is 56.3 Å². The summed E-state index contributed by atoms with van der Waals surface area (Å²) >= 11 is 0. The maximum Gasteiger partial charge on any atom is 0.326 e. The van der Waals surface area contributed by atoms with E-state index in [4.69, 9.17) is 33.9 Å². The second-order valence-electron chi connectivity index (χ2n) is 30.5. The van der Waals surface area contributed by atoms with E-state index in [0.717, 1.165) is 12.1 Å². The topological polar surface area (TPSA) is 676 Å². The van der Waals surface area contributed by atoms with Crippen LogP contribution in [-0.4, -0.2) is 149 Å². The number of unbranched alkanes of at least 4 members (excludes halogenated alkanes) is 1. The summed E-state index contributed by atoms with van der Waals surface area (Å²) in [5, 5.41) is 124. The zero-order valence-corrected chi connectivity index (χ0v) is 79.2. The number of nitrogens with one attached hydrogen (secondary N) is 4. The molecular weight excluding hydrogens is 1950 g/mol. The number of aliphatic carboxylic acids is 1. The Labute approximate surface area is 820 Å². The third-order valence-corrected chi connectivity index (χ3v) is 24.0. The van der Waals surface area contributed by atoms with Gasteiger partial charge in [0.2, 0.25) is 23.8 Å². The summed E-state index contributed by atoms with van der Waals surface area (Å²) in [6.45, 7) is -1.81. The van der Waals surface area contributed by atoms with Gasteiger partial charge >= 0.3 is 5.97 Å². The number of rotatable bonds is 44. The molecule has 12 N–H and O–H groups in total. The molecule has 12 aromatic carbocycles. The number of benzene rings is 12. The molecule has 0 aliphatic carbocycles. The number of azo groups is 8. The van der Waals surface area contributed by atoms with Gasteiger partial charge in [0.25, 0.3) is 40.5 Å². The average molecular weight is 2030 g/mol. The molecule has 736 valence electrons. The number of hydrogen-bond acceptors (Lipinski definition) is 42. The molecule has 0 radical (unpaired) electrons. The number of methoxy groups -OCH3 is 4. The van der Waals surface area contributed by atoms with E-state index in [1.807, 2.05) is 0 Å². The van der Waals surface area contributed by atoms with Crippen LogP contribution in [0.15, 0.2) is 350 Å². The summed E-state index contributed by atoms with van der Waals surface area (Å²) in [7, 11) is -13.2. The van der Waals surface area contributed by atoms with Crippen molar-refractivity contribution < 1.29 is 96.1 Å². The number of carbonyl (C=O) groups is 1. The molecule has 0 aliphatic rings. The third kappa shape index (κ3) is 28.4. The Bertz CT molecular complexity index is 7810. The van der Waals surface area contributed by atoms with Crippen molar-refractivity contribution in [3.8, 4) is 23.0 Å². The molecule has 2 heterocycles. The van der Waals surface area contributed by atoms with E-state index in [2.05, 4.69) is 118 Å². The molecule has 0 amide bonds. The monoisotopic (exact) mass is 2030 g/mol. The van der Waals surface area contributed by atoms with E-state index in [9.17, 15) is 77.1 Å². The normalized spacial score (nSPS) is 12.4. The molecule has 1 unspecified atom stereocenters. The van der Waals surface area contributed by atoms with Crippen LogP contribution >= 0.6 is 0 Å². The molecule has 0 saturated carbocycles. The molecule has 0 bridgehead atoms. The number of anilines is 6. The lowest BCUT2D eigenvalue weighted by molar-refractivity contribution is -0.138. The van der Waals surface area contributed by atoms with Crippen LogP contribution in [0.25, 0.3) is 0 Å². The minimum Gasteiger partial charge on any atom is -0.496 e. The molecule has 47 nitrogen and oxygen atoms in total. The average Bonchev–Trinajstić information content (AvgIpc) is 0.809. The molecule has 1 atom stereocenters. The van der Waals surface area contributed by atoms with Crippen LogP contribution in [0.5, 0.6) is 23.0 Å². The number of aliphatic hydroxyl groups is 3. The zero-order valence-electron chi connectivity index (χ0n) is 76.0. The van der Waals surface area contributed by atoms with Crippen LogP contribution in [0.2, 0.25) is 0 Å². The zero-order chi connectivity index (χ0) is 102. The SMILES string of the molecule is COc1cc(N=Nc2ccc(N=Nc3ccccc3)cc2S(=O)(=O)O)c(CO)cc1Cc1nc(Cc2ccc(N=Nc3ccc(N=Nc4ccc(S(=O)(=O)O)cc4)cc3)c(OC)c2)nc(NC(CCCCNc2nc(Nc3cc(OC)c(N=Nc4ccc(N=Nc5ccc(S(=O)(=O)O)cc5)cc4)cc3CO)nc(Nc3cc(CO)c(N=Nc4ccc(N=Nc5ccccc5)cc4S(=O)(=O)O)cc3OC)n2)C(=O)O)n1. The van der Waals surface area contributed by atoms with E-state index in [-0.39, 0.29) is 175 Å². The second kappa shape index (κ2) is 47.2. The van der Waals surface area contributed by atoms with E-state index < -0.39 is 82.1 Å². The lowest BCUT2D eigenvalue weighted by Crippen LogP contribution is -2.30. The Morgan fingerprint density at radius 2 is 0.701 bits per heavy atom. The summed E-state index contributed by atoms with van der Waals surface area (Å²) in [6, 6.07) is 60.3. The summed E-state index contributed by atoms with van der Waals surface area (Å²) in [6.07, 6.45) is 0.239. The molecule has 14 rings (SSSR count). The first-order valence-electron chi connectivity index (χ1n) is 42.7. The summed E-state index contributed by atoms with van der Waals surface area (Å²) in [5.41, 5.74) is 5.10. The number of aliphatic hydroxyl groups excluding tert-OH is 3. The van der Waals surface area contributed by atoms with Crippen LogP contribution in [0, 0.1) is 0 Å². The molecule has 144 heavy (non-hydrogen) atoms. The Balaban J connectivity index is 0.727. The lowest BCUT2D eigenvalue weighted by Gasteiger charge is -2.17. The van der Waals surface area contributed by atoms with E-state index in [1.54, 1.807) is 127 Å². The van der Waals surface area contributed by atoms with Gasteiger partial charge in [0.15, 0.2) is 0 Å².